The molecule has 1 N–H and O–H groups in total. The highest BCUT2D eigenvalue weighted by atomic mass is 16.5. The summed E-state index contributed by atoms with van der Waals surface area (Å²) in [7, 11) is 0. The Balaban J connectivity index is 1.56. The van der Waals surface area contributed by atoms with Crippen molar-refractivity contribution >= 4 is 11.4 Å². The zero-order chi connectivity index (χ0) is 16.3. The summed E-state index contributed by atoms with van der Waals surface area (Å²) in [5.41, 5.74) is 3.87. The molecule has 0 saturated heterocycles. The van der Waals surface area contributed by atoms with E-state index in [0.29, 0.717) is 0 Å². The van der Waals surface area contributed by atoms with Gasteiger partial charge in [0.1, 0.15) is 5.75 Å². The SMILES string of the molecule is Cc1ccc(OCCCN2CC(C)(C)Nc3ccccc32)cc1. The minimum Gasteiger partial charge on any atom is -0.494 e. The van der Waals surface area contributed by atoms with Gasteiger partial charge in [0.05, 0.1) is 18.0 Å². The Hall–Kier alpha value is -2.16. The van der Waals surface area contributed by atoms with E-state index in [1.54, 1.807) is 0 Å². The number of hydrogen-bond donors (Lipinski definition) is 1. The molecule has 1 aliphatic rings. The van der Waals surface area contributed by atoms with Crippen LogP contribution in [0.15, 0.2) is 48.5 Å². The van der Waals surface area contributed by atoms with E-state index < -0.39 is 0 Å². The number of para-hydroxylation sites is 2. The molecule has 1 aliphatic heterocycles. The highest BCUT2D eigenvalue weighted by molar-refractivity contribution is 5.73. The fraction of sp³-hybridized carbons (Fsp3) is 0.400. The summed E-state index contributed by atoms with van der Waals surface area (Å²) in [4.78, 5) is 2.46. The number of nitrogens with one attached hydrogen (secondary N) is 1. The molecule has 122 valence electrons. The van der Waals surface area contributed by atoms with Gasteiger partial charge in [0.2, 0.25) is 0 Å². The van der Waals surface area contributed by atoms with Crippen LogP contribution in [0.4, 0.5) is 11.4 Å². The summed E-state index contributed by atoms with van der Waals surface area (Å²) in [6.07, 6.45) is 1.01. The number of hydrogen-bond acceptors (Lipinski definition) is 3. The van der Waals surface area contributed by atoms with Crippen LogP contribution in [0, 0.1) is 6.92 Å². The first-order chi connectivity index (χ1) is 11.0. The summed E-state index contributed by atoms with van der Waals surface area (Å²) < 4.78 is 5.85. The summed E-state index contributed by atoms with van der Waals surface area (Å²) in [5, 5.41) is 3.61. The maximum atomic E-state index is 5.85. The summed E-state index contributed by atoms with van der Waals surface area (Å²) in [6.45, 7) is 9.35. The zero-order valence-electron chi connectivity index (χ0n) is 14.3. The predicted octanol–water partition coefficient (Wildman–Crippen LogP) is 4.47. The van der Waals surface area contributed by atoms with Gasteiger partial charge >= 0.3 is 0 Å². The second kappa shape index (κ2) is 6.53. The molecular weight excluding hydrogens is 284 g/mol. The van der Waals surface area contributed by atoms with Crippen LogP contribution in [0.2, 0.25) is 0 Å². The average Bonchev–Trinajstić information content (AvgIpc) is 2.52. The van der Waals surface area contributed by atoms with Crippen LogP contribution in [0.3, 0.4) is 0 Å². The van der Waals surface area contributed by atoms with Crippen molar-refractivity contribution < 1.29 is 4.74 Å². The smallest absolute Gasteiger partial charge is 0.119 e. The molecule has 0 amide bonds. The van der Waals surface area contributed by atoms with Gasteiger partial charge in [0.25, 0.3) is 0 Å². The molecule has 0 aliphatic carbocycles. The molecule has 0 saturated carbocycles. The number of anilines is 2. The van der Waals surface area contributed by atoms with Crippen molar-refractivity contribution in [3.63, 3.8) is 0 Å². The normalized spacial score (nSPS) is 15.7. The molecule has 3 heteroatoms. The van der Waals surface area contributed by atoms with Crippen molar-refractivity contribution in [3.8, 4) is 5.75 Å². The minimum atomic E-state index is 0.0895. The molecule has 0 radical (unpaired) electrons. The highest BCUT2D eigenvalue weighted by Crippen LogP contribution is 2.34. The number of nitrogens with zero attached hydrogens (tertiary/aromatic N) is 1. The van der Waals surface area contributed by atoms with Crippen LogP contribution in [-0.2, 0) is 0 Å². The Morgan fingerprint density at radius 1 is 1.09 bits per heavy atom. The van der Waals surface area contributed by atoms with Gasteiger partial charge < -0.3 is 15.0 Å². The Bertz CT molecular complexity index is 649. The van der Waals surface area contributed by atoms with Gasteiger partial charge in [-0.05, 0) is 51.5 Å². The lowest BCUT2D eigenvalue weighted by molar-refractivity contribution is 0.310. The van der Waals surface area contributed by atoms with Gasteiger partial charge in [-0.25, -0.2) is 0 Å². The average molecular weight is 310 g/mol. The van der Waals surface area contributed by atoms with Crippen molar-refractivity contribution in [2.75, 3.05) is 29.9 Å². The van der Waals surface area contributed by atoms with Crippen LogP contribution in [0.25, 0.3) is 0 Å². The van der Waals surface area contributed by atoms with Crippen LogP contribution in [-0.4, -0.2) is 25.2 Å². The van der Waals surface area contributed by atoms with Crippen molar-refractivity contribution in [3.05, 3.63) is 54.1 Å². The van der Waals surface area contributed by atoms with Crippen LogP contribution in [0.1, 0.15) is 25.8 Å². The Morgan fingerprint density at radius 3 is 2.61 bits per heavy atom. The molecule has 1 heterocycles. The molecular formula is C20H26N2O. The Labute approximate surface area is 139 Å². The Kier molecular flexibility index (Phi) is 4.46. The maximum Gasteiger partial charge on any atom is 0.119 e. The molecule has 0 spiro atoms. The summed E-state index contributed by atoms with van der Waals surface area (Å²) >= 11 is 0. The van der Waals surface area contributed by atoms with E-state index in [4.69, 9.17) is 4.74 Å². The third-order valence-electron chi connectivity index (χ3n) is 4.17. The van der Waals surface area contributed by atoms with E-state index in [9.17, 15) is 0 Å². The lowest BCUT2D eigenvalue weighted by Gasteiger charge is -2.42. The van der Waals surface area contributed by atoms with Gasteiger partial charge in [-0.3, -0.25) is 0 Å². The topological polar surface area (TPSA) is 24.5 Å². The van der Waals surface area contributed by atoms with Gasteiger partial charge in [0, 0.05) is 18.6 Å². The van der Waals surface area contributed by atoms with E-state index in [1.165, 1.54) is 16.9 Å². The molecule has 23 heavy (non-hydrogen) atoms. The number of rotatable bonds is 5. The van der Waals surface area contributed by atoms with Crippen molar-refractivity contribution in [1.82, 2.24) is 0 Å². The van der Waals surface area contributed by atoms with E-state index in [1.807, 2.05) is 12.1 Å². The number of ether oxygens (including phenoxy) is 1. The highest BCUT2D eigenvalue weighted by Gasteiger charge is 2.28. The molecule has 2 aromatic rings. The largest absolute Gasteiger partial charge is 0.494 e. The third-order valence-corrected chi connectivity index (χ3v) is 4.17. The second-order valence-electron chi connectivity index (χ2n) is 6.96. The quantitative estimate of drug-likeness (QED) is 0.824. The third kappa shape index (κ3) is 3.98. The number of fused-ring (bicyclic) bond motifs is 1. The van der Waals surface area contributed by atoms with Crippen LogP contribution < -0.4 is 15.0 Å². The van der Waals surface area contributed by atoms with Gasteiger partial charge in [-0.15, -0.1) is 0 Å². The maximum absolute atomic E-state index is 5.85. The monoisotopic (exact) mass is 310 g/mol. The second-order valence-corrected chi connectivity index (χ2v) is 6.96. The first kappa shape index (κ1) is 15.7. The fourth-order valence-electron chi connectivity index (χ4n) is 3.10. The fourth-order valence-corrected chi connectivity index (χ4v) is 3.10. The lowest BCUT2D eigenvalue weighted by Crippen LogP contribution is -2.48. The standard InChI is InChI=1S/C20H26N2O/c1-16-9-11-17(12-10-16)23-14-6-13-22-15-20(2,3)21-18-7-4-5-8-19(18)22/h4-5,7-12,21H,6,13-15H2,1-3H3. The Morgan fingerprint density at radius 2 is 1.83 bits per heavy atom. The molecule has 0 bridgehead atoms. The lowest BCUT2D eigenvalue weighted by atomic mass is 9.99. The van der Waals surface area contributed by atoms with Crippen molar-refractivity contribution in [1.29, 1.82) is 0 Å². The molecule has 0 atom stereocenters. The minimum absolute atomic E-state index is 0.0895. The van der Waals surface area contributed by atoms with E-state index in [2.05, 4.69) is 67.4 Å². The van der Waals surface area contributed by atoms with Crippen molar-refractivity contribution in [2.24, 2.45) is 0 Å². The predicted molar refractivity (Wildman–Crippen MR) is 97.6 cm³/mol. The van der Waals surface area contributed by atoms with Crippen LogP contribution in [0.5, 0.6) is 5.75 Å². The zero-order valence-corrected chi connectivity index (χ0v) is 14.3. The van der Waals surface area contributed by atoms with Gasteiger partial charge in [0.15, 0.2) is 0 Å². The first-order valence-corrected chi connectivity index (χ1v) is 8.35. The van der Waals surface area contributed by atoms with Crippen LogP contribution >= 0.6 is 0 Å². The van der Waals surface area contributed by atoms with E-state index in [0.717, 1.165) is 31.9 Å². The summed E-state index contributed by atoms with van der Waals surface area (Å²) in [6, 6.07) is 16.8. The molecule has 0 unspecified atom stereocenters. The molecule has 0 aromatic heterocycles. The summed E-state index contributed by atoms with van der Waals surface area (Å²) in [5.74, 6) is 0.955. The molecule has 2 aromatic carbocycles. The van der Waals surface area contributed by atoms with E-state index >= 15 is 0 Å². The van der Waals surface area contributed by atoms with Gasteiger partial charge in [-0.2, -0.15) is 0 Å². The van der Waals surface area contributed by atoms with E-state index in [-0.39, 0.29) is 5.54 Å². The number of aryl methyl sites for hydroxylation is 1. The molecule has 0 fully saturated rings. The van der Waals surface area contributed by atoms with Crippen molar-refractivity contribution in [2.45, 2.75) is 32.7 Å². The molecule has 3 nitrogen and oxygen atoms in total. The van der Waals surface area contributed by atoms with Gasteiger partial charge in [-0.1, -0.05) is 29.8 Å². The first-order valence-electron chi connectivity index (χ1n) is 8.35. The molecule has 3 rings (SSSR count). The number of benzene rings is 2.